The van der Waals surface area contributed by atoms with Gasteiger partial charge in [-0.1, -0.05) is 0 Å². The van der Waals surface area contributed by atoms with Gasteiger partial charge in [-0.15, -0.1) is 0 Å². The predicted octanol–water partition coefficient (Wildman–Crippen LogP) is 1.21. The van der Waals surface area contributed by atoms with Crippen molar-refractivity contribution in [3.63, 3.8) is 0 Å². The van der Waals surface area contributed by atoms with Crippen molar-refractivity contribution in [3.8, 4) is 11.5 Å². The minimum atomic E-state index is -0.516. The molecule has 0 aromatic heterocycles. The number of ether oxygens (including phenoxy) is 3. The summed E-state index contributed by atoms with van der Waals surface area (Å²) in [4.78, 5) is 2.27. The van der Waals surface area contributed by atoms with E-state index in [1.165, 1.54) is 0 Å². The van der Waals surface area contributed by atoms with Gasteiger partial charge in [0.05, 0.1) is 25.9 Å². The van der Waals surface area contributed by atoms with E-state index in [1.807, 2.05) is 25.1 Å². The zero-order chi connectivity index (χ0) is 13.9. The third-order valence-corrected chi connectivity index (χ3v) is 3.82. The Hall–Kier alpha value is -1.30. The van der Waals surface area contributed by atoms with E-state index in [9.17, 15) is 5.11 Å². The van der Waals surface area contributed by atoms with Gasteiger partial charge >= 0.3 is 0 Å². The quantitative estimate of drug-likeness (QED) is 0.901. The van der Waals surface area contributed by atoms with Crippen LogP contribution >= 0.6 is 0 Å². The molecule has 0 amide bonds. The van der Waals surface area contributed by atoms with Crippen LogP contribution in [0, 0.1) is 0 Å². The Morgan fingerprint density at radius 1 is 1.35 bits per heavy atom. The number of hydrogen-bond donors (Lipinski definition) is 1. The SMILES string of the molecule is CCOc1ccc2c(c1)C(N1CCOCC1)C(O)CO2. The molecule has 2 unspecified atom stereocenters. The van der Waals surface area contributed by atoms with E-state index in [-0.39, 0.29) is 6.04 Å². The highest BCUT2D eigenvalue weighted by molar-refractivity contribution is 5.44. The number of benzene rings is 1. The fourth-order valence-corrected chi connectivity index (χ4v) is 2.91. The molecule has 1 aromatic carbocycles. The molecule has 2 aliphatic rings. The predicted molar refractivity (Wildman–Crippen MR) is 74.2 cm³/mol. The van der Waals surface area contributed by atoms with Crippen LogP contribution in [0.2, 0.25) is 0 Å². The third-order valence-electron chi connectivity index (χ3n) is 3.82. The number of hydrogen-bond acceptors (Lipinski definition) is 5. The first-order valence-electron chi connectivity index (χ1n) is 7.19. The molecule has 0 spiro atoms. The molecule has 2 heterocycles. The van der Waals surface area contributed by atoms with Gasteiger partial charge in [0.25, 0.3) is 0 Å². The second-order valence-corrected chi connectivity index (χ2v) is 5.10. The molecular formula is C15H21NO4. The summed E-state index contributed by atoms with van der Waals surface area (Å²) < 4.78 is 16.6. The van der Waals surface area contributed by atoms with Crippen LogP contribution in [0.5, 0.6) is 11.5 Å². The Morgan fingerprint density at radius 2 is 2.15 bits per heavy atom. The molecule has 1 N–H and O–H groups in total. The lowest BCUT2D eigenvalue weighted by molar-refractivity contribution is -0.0444. The summed E-state index contributed by atoms with van der Waals surface area (Å²) in [7, 11) is 0. The molecule has 110 valence electrons. The molecule has 1 aromatic rings. The molecule has 3 rings (SSSR count). The number of rotatable bonds is 3. The van der Waals surface area contributed by atoms with Crippen LogP contribution < -0.4 is 9.47 Å². The summed E-state index contributed by atoms with van der Waals surface area (Å²) in [5, 5.41) is 10.3. The van der Waals surface area contributed by atoms with Gasteiger partial charge in [-0.05, 0) is 25.1 Å². The fourth-order valence-electron chi connectivity index (χ4n) is 2.91. The largest absolute Gasteiger partial charge is 0.494 e. The Kier molecular flexibility index (Phi) is 4.10. The number of aliphatic hydroxyl groups excluding tert-OH is 1. The van der Waals surface area contributed by atoms with Crippen molar-refractivity contribution in [1.82, 2.24) is 4.90 Å². The highest BCUT2D eigenvalue weighted by Gasteiger charge is 2.35. The second-order valence-electron chi connectivity index (χ2n) is 5.10. The lowest BCUT2D eigenvalue weighted by Gasteiger charge is -2.40. The molecule has 0 saturated carbocycles. The third kappa shape index (κ3) is 2.61. The van der Waals surface area contributed by atoms with E-state index in [0.29, 0.717) is 26.4 Å². The first-order valence-corrected chi connectivity index (χ1v) is 7.19. The van der Waals surface area contributed by atoms with Crippen molar-refractivity contribution in [2.75, 3.05) is 39.5 Å². The van der Waals surface area contributed by atoms with Crippen molar-refractivity contribution < 1.29 is 19.3 Å². The molecule has 1 saturated heterocycles. The van der Waals surface area contributed by atoms with Gasteiger partial charge in [0.1, 0.15) is 24.2 Å². The van der Waals surface area contributed by atoms with Gasteiger partial charge in [0, 0.05) is 18.7 Å². The molecule has 5 nitrogen and oxygen atoms in total. The average Bonchev–Trinajstić information content (AvgIpc) is 2.48. The first-order chi connectivity index (χ1) is 9.79. The summed E-state index contributed by atoms with van der Waals surface area (Å²) in [6, 6.07) is 5.79. The lowest BCUT2D eigenvalue weighted by atomic mass is 9.96. The highest BCUT2D eigenvalue weighted by Crippen LogP contribution is 2.38. The maximum Gasteiger partial charge on any atom is 0.124 e. The van der Waals surface area contributed by atoms with Crippen molar-refractivity contribution in [2.45, 2.75) is 19.1 Å². The summed E-state index contributed by atoms with van der Waals surface area (Å²) >= 11 is 0. The molecule has 0 radical (unpaired) electrons. The zero-order valence-corrected chi connectivity index (χ0v) is 11.7. The Labute approximate surface area is 119 Å². The monoisotopic (exact) mass is 279 g/mol. The Bertz CT molecular complexity index is 459. The first kappa shape index (κ1) is 13.7. The van der Waals surface area contributed by atoms with Crippen LogP contribution in [0.15, 0.2) is 18.2 Å². The van der Waals surface area contributed by atoms with Gasteiger partial charge < -0.3 is 19.3 Å². The number of nitrogens with zero attached hydrogens (tertiary/aromatic N) is 1. The minimum absolute atomic E-state index is 0.0388. The number of morpholine rings is 1. The molecule has 5 heteroatoms. The molecule has 20 heavy (non-hydrogen) atoms. The smallest absolute Gasteiger partial charge is 0.124 e. The van der Waals surface area contributed by atoms with E-state index >= 15 is 0 Å². The maximum absolute atomic E-state index is 10.3. The van der Waals surface area contributed by atoms with Crippen molar-refractivity contribution in [2.24, 2.45) is 0 Å². The van der Waals surface area contributed by atoms with Gasteiger partial charge in [0.15, 0.2) is 0 Å². The Morgan fingerprint density at radius 3 is 2.90 bits per heavy atom. The maximum atomic E-state index is 10.3. The normalized spacial score (nSPS) is 26.7. The number of aliphatic hydroxyl groups is 1. The van der Waals surface area contributed by atoms with Gasteiger partial charge in [-0.2, -0.15) is 0 Å². The standard InChI is InChI=1S/C15H21NO4/c1-2-19-11-3-4-14-12(9-11)15(13(17)10-20-14)16-5-7-18-8-6-16/h3-4,9,13,15,17H,2,5-8,10H2,1H3. The van der Waals surface area contributed by atoms with E-state index in [2.05, 4.69) is 4.90 Å². The molecular weight excluding hydrogens is 258 g/mol. The van der Waals surface area contributed by atoms with Crippen LogP contribution in [0.25, 0.3) is 0 Å². The minimum Gasteiger partial charge on any atom is -0.494 e. The highest BCUT2D eigenvalue weighted by atomic mass is 16.5. The van der Waals surface area contributed by atoms with Gasteiger partial charge in [-0.3, -0.25) is 4.90 Å². The fraction of sp³-hybridized carbons (Fsp3) is 0.600. The van der Waals surface area contributed by atoms with Crippen molar-refractivity contribution >= 4 is 0 Å². The summed E-state index contributed by atoms with van der Waals surface area (Å²) in [5.41, 5.74) is 1.01. The van der Waals surface area contributed by atoms with Crippen molar-refractivity contribution in [3.05, 3.63) is 23.8 Å². The average molecular weight is 279 g/mol. The van der Waals surface area contributed by atoms with E-state index in [0.717, 1.165) is 30.2 Å². The van der Waals surface area contributed by atoms with Crippen LogP contribution in [0.4, 0.5) is 0 Å². The van der Waals surface area contributed by atoms with Crippen LogP contribution in [0.1, 0.15) is 18.5 Å². The van der Waals surface area contributed by atoms with E-state index in [1.54, 1.807) is 0 Å². The van der Waals surface area contributed by atoms with Crippen LogP contribution in [-0.4, -0.2) is 55.6 Å². The molecule has 0 aliphatic carbocycles. The van der Waals surface area contributed by atoms with E-state index in [4.69, 9.17) is 14.2 Å². The van der Waals surface area contributed by atoms with E-state index < -0.39 is 6.10 Å². The Balaban J connectivity index is 1.91. The topological polar surface area (TPSA) is 51.2 Å². The summed E-state index contributed by atoms with van der Waals surface area (Å²) in [5.74, 6) is 1.66. The van der Waals surface area contributed by atoms with Gasteiger partial charge in [-0.25, -0.2) is 0 Å². The molecule has 0 bridgehead atoms. The number of fused-ring (bicyclic) bond motifs is 1. The molecule has 2 atom stereocenters. The van der Waals surface area contributed by atoms with Gasteiger partial charge in [0.2, 0.25) is 0 Å². The summed E-state index contributed by atoms with van der Waals surface area (Å²) in [6.45, 7) is 6.02. The lowest BCUT2D eigenvalue weighted by Crippen LogP contribution is -2.46. The molecule has 1 fully saturated rings. The zero-order valence-electron chi connectivity index (χ0n) is 11.7. The second kappa shape index (κ2) is 5.99. The van der Waals surface area contributed by atoms with Crippen LogP contribution in [-0.2, 0) is 4.74 Å². The van der Waals surface area contributed by atoms with Crippen molar-refractivity contribution in [1.29, 1.82) is 0 Å². The van der Waals surface area contributed by atoms with Crippen LogP contribution in [0.3, 0.4) is 0 Å². The molecule has 2 aliphatic heterocycles. The summed E-state index contributed by atoms with van der Waals surface area (Å²) in [6.07, 6.45) is -0.516.